The molecule has 1 aromatic rings. The molecule has 0 aliphatic carbocycles. The number of methoxy groups -OCH3 is 1. The van der Waals surface area contributed by atoms with Crippen molar-refractivity contribution in [1.82, 2.24) is 19.7 Å². The number of likely N-dealkylation sites (tertiary alicyclic amines) is 1. The van der Waals surface area contributed by atoms with Gasteiger partial charge in [0.2, 0.25) is 0 Å². The van der Waals surface area contributed by atoms with Crippen LogP contribution in [0.4, 0.5) is 10.6 Å². The van der Waals surface area contributed by atoms with Crippen LogP contribution in [0.1, 0.15) is 51.4 Å². The number of fused-ring (bicyclic) bond motifs is 2. The summed E-state index contributed by atoms with van der Waals surface area (Å²) >= 11 is 13.1. The summed E-state index contributed by atoms with van der Waals surface area (Å²) in [5.74, 6) is 0.536. The molecule has 0 saturated carbocycles. The van der Waals surface area contributed by atoms with Crippen LogP contribution < -0.4 is 9.64 Å². The number of ether oxygens (including phenoxy) is 3. The third kappa shape index (κ3) is 5.00. The van der Waals surface area contributed by atoms with Crippen molar-refractivity contribution < 1.29 is 23.8 Å². The highest BCUT2D eigenvalue weighted by molar-refractivity contribution is 6.42. The maximum absolute atomic E-state index is 14.1. The van der Waals surface area contributed by atoms with Crippen LogP contribution in [0.15, 0.2) is 0 Å². The number of amides is 2. The molecule has 0 unspecified atom stereocenters. The Morgan fingerprint density at radius 2 is 1.82 bits per heavy atom. The Morgan fingerprint density at radius 1 is 1.11 bits per heavy atom. The first kappa shape index (κ1) is 27.6. The predicted molar refractivity (Wildman–Crippen MR) is 145 cm³/mol. The topological polar surface area (TPSA) is 87.7 Å². The van der Waals surface area contributed by atoms with E-state index in [2.05, 4.69) is 28.6 Å². The Hall–Kier alpha value is -2.01. The summed E-state index contributed by atoms with van der Waals surface area (Å²) in [4.78, 5) is 39.4. The van der Waals surface area contributed by atoms with Crippen molar-refractivity contribution in [2.45, 2.75) is 70.4 Å². The van der Waals surface area contributed by atoms with Crippen LogP contribution in [0.5, 0.6) is 5.75 Å². The molecular weight excluding hydrogens is 533 g/mol. The first-order chi connectivity index (χ1) is 17.8. The van der Waals surface area contributed by atoms with Gasteiger partial charge in [0, 0.05) is 58.0 Å². The second-order valence-electron chi connectivity index (χ2n) is 12.2. The van der Waals surface area contributed by atoms with E-state index in [1.165, 1.54) is 0 Å². The summed E-state index contributed by atoms with van der Waals surface area (Å²) in [6.45, 7) is 13.5. The quantitative estimate of drug-likeness (QED) is 0.511. The Bertz CT molecular complexity index is 1120. The van der Waals surface area contributed by atoms with Crippen molar-refractivity contribution in [2.75, 3.05) is 57.9 Å². The zero-order valence-corrected chi connectivity index (χ0v) is 24.4. The summed E-state index contributed by atoms with van der Waals surface area (Å²) in [6, 6.07) is -0.0551. The number of carbonyl (C=O) groups excluding carboxylic acids is 2. The molecule has 3 saturated heterocycles. The molecule has 0 spiro atoms. The van der Waals surface area contributed by atoms with Gasteiger partial charge in [0.1, 0.15) is 28.6 Å². The van der Waals surface area contributed by atoms with Gasteiger partial charge in [-0.15, -0.1) is 0 Å². The van der Waals surface area contributed by atoms with Gasteiger partial charge >= 0.3 is 6.09 Å². The second-order valence-corrected chi connectivity index (χ2v) is 13.0. The van der Waals surface area contributed by atoms with E-state index < -0.39 is 11.7 Å². The summed E-state index contributed by atoms with van der Waals surface area (Å²) in [6.07, 6.45) is 0.769. The fourth-order valence-electron chi connectivity index (χ4n) is 5.85. The zero-order chi connectivity index (χ0) is 27.6. The van der Waals surface area contributed by atoms with Crippen molar-refractivity contribution in [3.05, 3.63) is 15.7 Å². The second kappa shape index (κ2) is 9.87. The first-order valence-corrected chi connectivity index (χ1v) is 13.9. The molecular formula is C26H37Cl2N5O5. The van der Waals surface area contributed by atoms with Crippen molar-refractivity contribution in [1.29, 1.82) is 0 Å². The molecule has 2 atom stereocenters. The molecule has 10 nitrogen and oxygen atoms in total. The third-order valence-corrected chi connectivity index (χ3v) is 8.63. The van der Waals surface area contributed by atoms with Crippen LogP contribution in [0.25, 0.3) is 0 Å². The largest absolute Gasteiger partial charge is 0.489 e. The number of rotatable bonds is 3. The van der Waals surface area contributed by atoms with Crippen molar-refractivity contribution in [3.63, 3.8) is 0 Å². The van der Waals surface area contributed by atoms with Gasteiger partial charge in [-0.25, -0.2) is 9.78 Å². The molecule has 1 aromatic heterocycles. The molecule has 3 fully saturated rings. The van der Waals surface area contributed by atoms with Gasteiger partial charge in [-0.05, 0) is 41.0 Å². The van der Waals surface area contributed by atoms with Crippen LogP contribution in [0.3, 0.4) is 0 Å². The molecule has 5 heterocycles. The van der Waals surface area contributed by atoms with Gasteiger partial charge in [-0.1, -0.05) is 23.2 Å². The van der Waals surface area contributed by atoms with Crippen LogP contribution in [-0.4, -0.2) is 114 Å². The van der Waals surface area contributed by atoms with E-state index in [1.54, 1.807) is 16.9 Å². The highest BCUT2D eigenvalue weighted by Gasteiger charge is 2.48. The molecule has 0 aromatic carbocycles. The van der Waals surface area contributed by atoms with Crippen LogP contribution >= 0.6 is 23.2 Å². The van der Waals surface area contributed by atoms with Gasteiger partial charge in [-0.2, -0.15) is 0 Å². The number of hydrogen-bond acceptors (Lipinski definition) is 8. The monoisotopic (exact) mass is 569 g/mol. The van der Waals surface area contributed by atoms with Gasteiger partial charge in [0.15, 0.2) is 10.9 Å². The van der Waals surface area contributed by atoms with E-state index in [1.807, 2.05) is 20.8 Å². The van der Waals surface area contributed by atoms with E-state index in [0.717, 1.165) is 19.5 Å². The minimum absolute atomic E-state index is 0.103. The number of anilines is 1. The number of halogens is 2. The Balaban J connectivity index is 1.43. The van der Waals surface area contributed by atoms with Crippen molar-refractivity contribution >= 4 is 41.0 Å². The average molecular weight is 571 g/mol. The van der Waals surface area contributed by atoms with Crippen LogP contribution in [0.2, 0.25) is 10.2 Å². The van der Waals surface area contributed by atoms with Gasteiger partial charge < -0.3 is 28.9 Å². The lowest BCUT2D eigenvalue weighted by Crippen LogP contribution is -2.58. The third-order valence-electron chi connectivity index (χ3n) is 7.91. The number of aromatic nitrogens is 1. The molecule has 4 aliphatic heterocycles. The molecule has 4 aliphatic rings. The summed E-state index contributed by atoms with van der Waals surface area (Å²) < 4.78 is 17.2. The van der Waals surface area contributed by atoms with Crippen molar-refractivity contribution in [2.24, 2.45) is 0 Å². The summed E-state index contributed by atoms with van der Waals surface area (Å²) in [5.41, 5.74) is -0.548. The molecule has 2 amide bonds. The minimum atomic E-state index is -0.605. The maximum Gasteiger partial charge on any atom is 0.410 e. The summed E-state index contributed by atoms with van der Waals surface area (Å²) in [5, 5.41) is 0.230. The van der Waals surface area contributed by atoms with Crippen LogP contribution in [0, 0.1) is 0 Å². The zero-order valence-electron chi connectivity index (χ0n) is 22.9. The Morgan fingerprint density at radius 3 is 2.47 bits per heavy atom. The predicted octanol–water partition coefficient (Wildman–Crippen LogP) is 3.53. The fourth-order valence-corrected chi connectivity index (χ4v) is 6.21. The fraction of sp³-hybridized carbons (Fsp3) is 0.731. The number of pyridine rings is 1. The molecule has 0 N–H and O–H groups in total. The van der Waals surface area contributed by atoms with E-state index in [9.17, 15) is 9.59 Å². The average Bonchev–Trinajstić information content (AvgIpc) is 3.02. The molecule has 5 rings (SSSR count). The first-order valence-electron chi connectivity index (χ1n) is 13.1. The Kier molecular flexibility index (Phi) is 7.16. The normalized spacial score (nSPS) is 25.9. The molecule has 0 radical (unpaired) electrons. The lowest BCUT2D eigenvalue weighted by Gasteiger charge is -2.42. The number of nitrogens with zero attached hydrogens (tertiary/aromatic N) is 5. The minimum Gasteiger partial charge on any atom is -0.489 e. The maximum atomic E-state index is 14.1. The van der Waals surface area contributed by atoms with E-state index in [-0.39, 0.29) is 46.1 Å². The Labute approximate surface area is 234 Å². The van der Waals surface area contributed by atoms with Gasteiger partial charge in [-0.3, -0.25) is 9.69 Å². The van der Waals surface area contributed by atoms with E-state index >= 15 is 0 Å². The lowest BCUT2D eigenvalue weighted by molar-refractivity contribution is -0.0475. The molecule has 210 valence electrons. The smallest absolute Gasteiger partial charge is 0.410 e. The highest BCUT2D eigenvalue weighted by Crippen LogP contribution is 2.46. The molecule has 12 heteroatoms. The standard InChI is InChI=1S/C26H37Cl2N5O5/c1-25(2,3)38-24(35)30-7-8-32-16(10-30)14-37-20-18(23(32)34)22(29-21(28)19(20)27)33-11-15(9-26(33,4)5)31-12-17(13-31)36-6/h15-17H,7-14H2,1-6H3/t15-,16-/m1/s1. The highest BCUT2D eigenvalue weighted by atomic mass is 35.5. The van der Waals surface area contributed by atoms with E-state index in [0.29, 0.717) is 43.6 Å². The molecule has 0 bridgehead atoms. The van der Waals surface area contributed by atoms with Gasteiger partial charge in [0.25, 0.3) is 5.91 Å². The van der Waals surface area contributed by atoms with E-state index in [4.69, 9.17) is 37.4 Å². The van der Waals surface area contributed by atoms with Crippen LogP contribution in [-0.2, 0) is 9.47 Å². The number of piperazine rings is 1. The SMILES string of the molecule is COC1CN([C@H]2CN(c3nc(Cl)c(Cl)c4c3C(=O)N3CCN(C(=O)OC(C)(C)C)C[C@@H]3CO4)C(C)(C)C2)C1. The number of hydrogen-bond donors (Lipinski definition) is 0. The summed E-state index contributed by atoms with van der Waals surface area (Å²) in [7, 11) is 1.74. The molecule has 38 heavy (non-hydrogen) atoms. The lowest BCUT2D eigenvalue weighted by atomic mass is 9.97. The van der Waals surface area contributed by atoms with Crippen molar-refractivity contribution in [3.8, 4) is 5.75 Å². The number of carbonyl (C=O) groups is 2. The van der Waals surface area contributed by atoms with Gasteiger partial charge in [0.05, 0.1) is 12.1 Å².